The van der Waals surface area contributed by atoms with Gasteiger partial charge in [-0.25, -0.2) is 0 Å². The van der Waals surface area contributed by atoms with E-state index in [1.54, 1.807) is 0 Å². The molecule has 0 amide bonds. The fourth-order valence-corrected chi connectivity index (χ4v) is 6.30. The van der Waals surface area contributed by atoms with Gasteiger partial charge in [0.25, 0.3) is 0 Å². The van der Waals surface area contributed by atoms with Crippen LogP contribution in [0.3, 0.4) is 0 Å². The van der Waals surface area contributed by atoms with Crippen molar-refractivity contribution in [3.05, 3.63) is 145 Å². The second kappa shape index (κ2) is 8.47. The van der Waals surface area contributed by atoms with Crippen LogP contribution in [0.25, 0.3) is 66.1 Å². The zero-order valence-corrected chi connectivity index (χ0v) is 21.7. The van der Waals surface area contributed by atoms with Gasteiger partial charge in [-0.15, -0.1) is 0 Å². The van der Waals surface area contributed by atoms with E-state index in [2.05, 4.69) is 156 Å². The van der Waals surface area contributed by atoms with Gasteiger partial charge in [-0.2, -0.15) is 0 Å². The van der Waals surface area contributed by atoms with Gasteiger partial charge in [-0.05, 0) is 72.1 Å². The van der Waals surface area contributed by atoms with Crippen LogP contribution in [-0.2, 0) is 0 Å². The van der Waals surface area contributed by atoms with Gasteiger partial charge in [0.2, 0.25) is 0 Å². The molecule has 0 unspecified atom stereocenters. The first-order chi connectivity index (χ1) is 19.3. The molecule has 2 heterocycles. The number of nitrogens with zero attached hydrogens (tertiary/aromatic N) is 2. The molecular formula is C37H26N2. The van der Waals surface area contributed by atoms with Crippen LogP contribution in [0.5, 0.6) is 0 Å². The molecule has 8 aromatic rings. The molecular weight excluding hydrogens is 472 g/mol. The molecule has 184 valence electrons. The fourth-order valence-electron chi connectivity index (χ4n) is 6.30. The standard InChI is InChI=1S/C37H26N2/c1-25-11-9-15-28(23-25)38-32-19-7-5-17-30(32)36-34(38)21-22-35-37(36)31-18-6-8-20-33(31)39(35)29-16-10-14-27(24-29)26-12-3-2-4-13-26/h2-24H,1H3. The quantitative estimate of drug-likeness (QED) is 0.229. The molecule has 0 radical (unpaired) electrons. The third kappa shape index (κ3) is 3.28. The third-order valence-electron chi connectivity index (χ3n) is 7.94. The van der Waals surface area contributed by atoms with Gasteiger partial charge in [-0.3, -0.25) is 0 Å². The van der Waals surface area contributed by atoms with E-state index in [1.807, 2.05) is 0 Å². The first-order valence-electron chi connectivity index (χ1n) is 13.5. The van der Waals surface area contributed by atoms with Crippen molar-refractivity contribution in [3.8, 4) is 22.5 Å². The Bertz CT molecular complexity index is 2180. The molecule has 0 saturated heterocycles. The molecule has 2 aromatic heterocycles. The maximum Gasteiger partial charge on any atom is 0.0548 e. The summed E-state index contributed by atoms with van der Waals surface area (Å²) in [6.07, 6.45) is 0. The molecule has 0 aliphatic carbocycles. The van der Waals surface area contributed by atoms with Gasteiger partial charge in [0.05, 0.1) is 22.1 Å². The number of aromatic nitrogens is 2. The van der Waals surface area contributed by atoms with Crippen LogP contribution in [0.15, 0.2) is 140 Å². The first-order valence-corrected chi connectivity index (χ1v) is 13.5. The second-order valence-corrected chi connectivity index (χ2v) is 10.3. The Hall–Kier alpha value is -5.08. The minimum atomic E-state index is 1.17. The molecule has 0 spiro atoms. The molecule has 39 heavy (non-hydrogen) atoms. The van der Waals surface area contributed by atoms with Crippen LogP contribution in [0.4, 0.5) is 0 Å². The molecule has 0 bridgehead atoms. The van der Waals surface area contributed by atoms with Crippen LogP contribution in [-0.4, -0.2) is 9.13 Å². The number of rotatable bonds is 3. The highest BCUT2D eigenvalue weighted by Crippen LogP contribution is 2.42. The number of hydrogen-bond acceptors (Lipinski definition) is 0. The average Bonchev–Trinajstić information content (AvgIpc) is 3.50. The lowest BCUT2D eigenvalue weighted by atomic mass is 10.0. The topological polar surface area (TPSA) is 9.86 Å². The number of aryl methyl sites for hydroxylation is 1. The van der Waals surface area contributed by atoms with Crippen LogP contribution in [0, 0.1) is 6.92 Å². The van der Waals surface area contributed by atoms with Gasteiger partial charge in [0.1, 0.15) is 0 Å². The third-order valence-corrected chi connectivity index (χ3v) is 7.94. The van der Waals surface area contributed by atoms with Gasteiger partial charge in [-0.1, -0.05) is 91.0 Å². The number of para-hydroxylation sites is 2. The van der Waals surface area contributed by atoms with Gasteiger partial charge in [0.15, 0.2) is 0 Å². The van der Waals surface area contributed by atoms with Crippen LogP contribution in [0.2, 0.25) is 0 Å². The summed E-state index contributed by atoms with van der Waals surface area (Å²) in [6.45, 7) is 2.16. The molecule has 0 fully saturated rings. The predicted molar refractivity (Wildman–Crippen MR) is 165 cm³/mol. The molecule has 2 heteroatoms. The summed E-state index contributed by atoms with van der Waals surface area (Å²) in [4.78, 5) is 0. The number of benzene rings is 6. The highest BCUT2D eigenvalue weighted by Gasteiger charge is 2.20. The van der Waals surface area contributed by atoms with Crippen molar-refractivity contribution >= 4 is 43.6 Å². The molecule has 0 saturated carbocycles. The Labute approximate surface area is 227 Å². The molecule has 0 atom stereocenters. The monoisotopic (exact) mass is 498 g/mol. The summed E-state index contributed by atoms with van der Waals surface area (Å²) in [7, 11) is 0. The summed E-state index contributed by atoms with van der Waals surface area (Å²) >= 11 is 0. The Balaban J connectivity index is 1.50. The van der Waals surface area contributed by atoms with E-state index in [1.165, 1.54) is 71.7 Å². The summed E-state index contributed by atoms with van der Waals surface area (Å²) in [5, 5.41) is 5.16. The van der Waals surface area contributed by atoms with Gasteiger partial charge < -0.3 is 9.13 Å². The molecule has 6 aromatic carbocycles. The van der Waals surface area contributed by atoms with Crippen molar-refractivity contribution in [2.45, 2.75) is 6.92 Å². The Kier molecular flexibility index (Phi) is 4.77. The van der Waals surface area contributed by atoms with E-state index in [9.17, 15) is 0 Å². The summed E-state index contributed by atoms with van der Waals surface area (Å²) in [5.41, 5.74) is 11.0. The maximum absolute atomic E-state index is 2.43. The maximum atomic E-state index is 2.43. The lowest BCUT2D eigenvalue weighted by Gasteiger charge is -2.11. The normalized spacial score (nSPS) is 11.7. The number of fused-ring (bicyclic) bond motifs is 7. The van der Waals surface area contributed by atoms with Gasteiger partial charge in [0, 0.05) is 32.9 Å². The van der Waals surface area contributed by atoms with E-state index >= 15 is 0 Å². The highest BCUT2D eigenvalue weighted by molar-refractivity contribution is 6.28. The van der Waals surface area contributed by atoms with Crippen molar-refractivity contribution in [3.63, 3.8) is 0 Å². The largest absolute Gasteiger partial charge is 0.309 e. The molecule has 0 N–H and O–H groups in total. The highest BCUT2D eigenvalue weighted by atomic mass is 15.0. The Morgan fingerprint density at radius 3 is 1.51 bits per heavy atom. The van der Waals surface area contributed by atoms with E-state index < -0.39 is 0 Å². The summed E-state index contributed by atoms with van der Waals surface area (Å²) in [5.74, 6) is 0. The number of hydrogen-bond donors (Lipinski definition) is 0. The molecule has 0 aliphatic rings. The van der Waals surface area contributed by atoms with Gasteiger partial charge >= 0.3 is 0 Å². The SMILES string of the molecule is Cc1cccc(-n2c3ccccc3c3c4c5ccccc5n(-c5cccc(-c6ccccc6)c5)c4ccc32)c1. The van der Waals surface area contributed by atoms with Crippen LogP contribution >= 0.6 is 0 Å². The fraction of sp³-hybridized carbons (Fsp3) is 0.0270. The second-order valence-electron chi connectivity index (χ2n) is 10.3. The Morgan fingerprint density at radius 1 is 0.385 bits per heavy atom. The minimum Gasteiger partial charge on any atom is -0.309 e. The molecule has 0 aliphatic heterocycles. The van der Waals surface area contributed by atoms with Crippen LogP contribution in [0.1, 0.15) is 5.56 Å². The molecule has 2 nitrogen and oxygen atoms in total. The van der Waals surface area contributed by atoms with E-state index in [4.69, 9.17) is 0 Å². The summed E-state index contributed by atoms with van der Waals surface area (Å²) in [6, 6.07) is 50.5. The molecule has 8 rings (SSSR count). The lowest BCUT2D eigenvalue weighted by Crippen LogP contribution is -1.95. The van der Waals surface area contributed by atoms with Crippen molar-refractivity contribution in [1.29, 1.82) is 0 Å². The predicted octanol–water partition coefficient (Wildman–Crippen LogP) is 9.86. The van der Waals surface area contributed by atoms with E-state index in [-0.39, 0.29) is 0 Å². The zero-order chi connectivity index (χ0) is 25.9. The average molecular weight is 499 g/mol. The van der Waals surface area contributed by atoms with E-state index in [0.29, 0.717) is 0 Å². The van der Waals surface area contributed by atoms with Crippen molar-refractivity contribution in [1.82, 2.24) is 9.13 Å². The first kappa shape index (κ1) is 22.0. The smallest absolute Gasteiger partial charge is 0.0548 e. The minimum absolute atomic E-state index is 1.17. The van der Waals surface area contributed by atoms with Crippen molar-refractivity contribution < 1.29 is 0 Å². The Morgan fingerprint density at radius 2 is 0.897 bits per heavy atom. The van der Waals surface area contributed by atoms with Crippen LogP contribution < -0.4 is 0 Å². The lowest BCUT2D eigenvalue weighted by molar-refractivity contribution is 1.17. The summed E-state index contributed by atoms with van der Waals surface area (Å²) < 4.78 is 4.84. The zero-order valence-electron chi connectivity index (χ0n) is 21.7. The van der Waals surface area contributed by atoms with Crippen molar-refractivity contribution in [2.75, 3.05) is 0 Å². The van der Waals surface area contributed by atoms with Crippen molar-refractivity contribution in [2.24, 2.45) is 0 Å². The van der Waals surface area contributed by atoms with E-state index in [0.717, 1.165) is 0 Å².